The minimum absolute atomic E-state index is 0.207. The average Bonchev–Trinajstić information content (AvgIpc) is 3.35. The molecule has 428 valence electrons. The van der Waals surface area contributed by atoms with E-state index in [-0.39, 0.29) is 6.10 Å². The van der Waals surface area contributed by atoms with E-state index in [0.717, 1.165) is 41.3 Å². The first-order valence-corrected chi connectivity index (χ1v) is 35.2. The summed E-state index contributed by atoms with van der Waals surface area (Å²) in [6, 6.07) is 0. The Labute approximate surface area is 459 Å². The number of likely N-dealkylation sites (N-methyl/N-ethyl adjacent to an activating group) is 1. The van der Waals surface area contributed by atoms with Crippen molar-refractivity contribution in [2.45, 2.75) is 365 Å². The predicted octanol–water partition coefficient (Wildman–Crippen LogP) is 22.9. The van der Waals surface area contributed by atoms with Gasteiger partial charge in [0, 0.05) is 23.7 Å². The molecule has 0 spiro atoms. The van der Waals surface area contributed by atoms with Crippen molar-refractivity contribution >= 4 is 23.5 Å². The Morgan fingerprint density at radius 3 is 0.845 bits per heavy atom. The zero-order valence-electron chi connectivity index (χ0n) is 50.4. The van der Waals surface area contributed by atoms with Gasteiger partial charge in [0.2, 0.25) is 0 Å². The van der Waals surface area contributed by atoms with Crippen LogP contribution in [0.1, 0.15) is 349 Å². The van der Waals surface area contributed by atoms with Crippen molar-refractivity contribution in [3.05, 3.63) is 0 Å². The zero-order valence-corrected chi connectivity index (χ0v) is 52.0. The predicted molar refractivity (Wildman–Crippen MR) is 329 cm³/mol. The first kappa shape index (κ1) is 71.6. The van der Waals surface area contributed by atoms with E-state index in [1.54, 1.807) is 0 Å². The van der Waals surface area contributed by atoms with Crippen LogP contribution in [-0.4, -0.2) is 80.1 Å². The van der Waals surface area contributed by atoms with E-state index >= 15 is 0 Å². The summed E-state index contributed by atoms with van der Waals surface area (Å²) in [5.41, 5.74) is 0. The van der Waals surface area contributed by atoms with Gasteiger partial charge in [0.15, 0.2) is 0 Å². The summed E-state index contributed by atoms with van der Waals surface area (Å²) in [7, 11) is 6.88. The van der Waals surface area contributed by atoms with Crippen LogP contribution in [-0.2, 0) is 9.47 Å². The Bertz CT molecular complexity index is 959. The summed E-state index contributed by atoms with van der Waals surface area (Å²) in [4.78, 5) is 0. The topological polar surface area (TPSA) is 18.5 Å². The molecule has 0 saturated carbocycles. The first-order chi connectivity index (χ1) is 34.9. The van der Waals surface area contributed by atoms with Gasteiger partial charge in [-0.05, 0) is 62.9 Å². The first-order valence-electron chi connectivity index (χ1n) is 33.1. The van der Waals surface area contributed by atoms with Gasteiger partial charge in [-0.1, -0.05) is 297 Å². The van der Waals surface area contributed by atoms with Crippen LogP contribution in [0, 0.1) is 0 Å². The molecule has 3 atom stereocenters. The standard InChI is InChI=1S/C66H136NO2S2/c1-8-12-16-20-24-26-28-36-44-52-60-70-65(54-46-38-30-22-18-14-10-3)56-48-40-32-34-42-50-58-68-63-64(62-67(5,6)7)69-59-51-43-35-33-41-49-57-66(55-47-39-31-23-19-15-11-4)71-61-53-45-37-29-27-25-21-17-13-9-2/h64-66H,8-63H2,1-7H3/q+1. The molecule has 0 bridgehead atoms. The summed E-state index contributed by atoms with van der Waals surface area (Å²) >= 11 is 4.69. The Kier molecular flexibility index (Phi) is 60.3. The lowest BCUT2D eigenvalue weighted by molar-refractivity contribution is -0.873. The molecule has 0 fully saturated rings. The van der Waals surface area contributed by atoms with Crippen LogP contribution in [0.5, 0.6) is 0 Å². The summed E-state index contributed by atoms with van der Waals surface area (Å²) < 4.78 is 13.7. The maximum Gasteiger partial charge on any atom is 0.130 e. The van der Waals surface area contributed by atoms with Crippen molar-refractivity contribution in [2.75, 3.05) is 59.0 Å². The molecule has 0 aromatic rings. The molecule has 0 amide bonds. The van der Waals surface area contributed by atoms with E-state index in [1.165, 1.54) is 333 Å². The number of nitrogens with zero attached hydrogens (tertiary/aromatic N) is 1. The number of thioether (sulfide) groups is 2. The highest BCUT2D eigenvalue weighted by Crippen LogP contribution is 2.28. The minimum atomic E-state index is 0.207. The van der Waals surface area contributed by atoms with E-state index in [0.29, 0.717) is 0 Å². The lowest BCUT2D eigenvalue weighted by atomic mass is 10.0. The lowest BCUT2D eigenvalue weighted by Crippen LogP contribution is -2.44. The average molecular weight is 1040 g/mol. The second-order valence-corrected chi connectivity index (χ2v) is 26.8. The van der Waals surface area contributed by atoms with Crippen LogP contribution in [0.15, 0.2) is 0 Å². The molecule has 5 heteroatoms. The number of rotatable bonds is 63. The van der Waals surface area contributed by atoms with Crippen molar-refractivity contribution in [1.29, 1.82) is 0 Å². The number of hydrogen-bond acceptors (Lipinski definition) is 4. The number of quaternary nitrogens is 1. The van der Waals surface area contributed by atoms with E-state index in [9.17, 15) is 0 Å². The van der Waals surface area contributed by atoms with Gasteiger partial charge in [-0.15, -0.1) is 0 Å². The monoisotopic (exact) mass is 1040 g/mol. The van der Waals surface area contributed by atoms with Crippen molar-refractivity contribution in [1.82, 2.24) is 0 Å². The van der Waals surface area contributed by atoms with Gasteiger partial charge in [0.1, 0.15) is 12.6 Å². The van der Waals surface area contributed by atoms with Gasteiger partial charge in [-0.25, -0.2) is 0 Å². The molecule has 3 unspecified atom stereocenters. The third-order valence-corrected chi connectivity index (χ3v) is 18.3. The van der Waals surface area contributed by atoms with Crippen molar-refractivity contribution in [2.24, 2.45) is 0 Å². The van der Waals surface area contributed by atoms with E-state index in [1.807, 2.05) is 0 Å². The summed E-state index contributed by atoms with van der Waals surface area (Å²) in [5, 5.41) is 1.81. The molecule has 0 heterocycles. The fraction of sp³-hybridized carbons (Fsp3) is 1.00. The van der Waals surface area contributed by atoms with Crippen LogP contribution >= 0.6 is 23.5 Å². The molecule has 0 aliphatic carbocycles. The fourth-order valence-electron chi connectivity index (χ4n) is 10.7. The Balaban J connectivity index is 4.29. The molecule has 0 aromatic carbocycles. The summed E-state index contributed by atoms with van der Waals surface area (Å²) in [5.74, 6) is 2.80. The van der Waals surface area contributed by atoms with E-state index < -0.39 is 0 Å². The van der Waals surface area contributed by atoms with Crippen molar-refractivity contribution < 1.29 is 14.0 Å². The molecular formula is C66H136NO2S2+. The molecule has 0 aliphatic heterocycles. The molecule has 71 heavy (non-hydrogen) atoms. The second-order valence-electron chi connectivity index (χ2n) is 24.0. The van der Waals surface area contributed by atoms with Crippen LogP contribution in [0.2, 0.25) is 0 Å². The molecule has 0 radical (unpaired) electrons. The molecule has 0 aliphatic rings. The van der Waals surface area contributed by atoms with Crippen LogP contribution < -0.4 is 0 Å². The van der Waals surface area contributed by atoms with E-state index in [2.05, 4.69) is 72.4 Å². The molecule has 0 saturated heterocycles. The highest BCUT2D eigenvalue weighted by Gasteiger charge is 2.19. The van der Waals surface area contributed by atoms with Gasteiger partial charge in [-0.2, -0.15) is 23.5 Å². The molecule has 3 nitrogen and oxygen atoms in total. The third-order valence-electron chi connectivity index (χ3n) is 15.4. The Hall–Kier alpha value is 0.580. The van der Waals surface area contributed by atoms with E-state index in [4.69, 9.17) is 9.47 Å². The van der Waals surface area contributed by atoms with Gasteiger partial charge in [0.25, 0.3) is 0 Å². The smallest absolute Gasteiger partial charge is 0.130 e. The molecule has 0 N–H and O–H groups in total. The normalized spacial score (nSPS) is 13.4. The fourth-order valence-corrected chi connectivity index (χ4v) is 13.4. The summed E-state index contributed by atoms with van der Waals surface area (Å²) in [6.45, 7) is 12.9. The minimum Gasteiger partial charge on any atom is -0.379 e. The maximum atomic E-state index is 6.50. The zero-order chi connectivity index (χ0) is 51.7. The van der Waals surface area contributed by atoms with Crippen molar-refractivity contribution in [3.8, 4) is 0 Å². The number of hydrogen-bond donors (Lipinski definition) is 0. The third kappa shape index (κ3) is 59.7. The van der Waals surface area contributed by atoms with Crippen LogP contribution in [0.25, 0.3) is 0 Å². The summed E-state index contributed by atoms with van der Waals surface area (Å²) in [6.07, 6.45) is 71.4. The second kappa shape index (κ2) is 59.8. The maximum absolute atomic E-state index is 6.50. The van der Waals surface area contributed by atoms with Gasteiger partial charge in [-0.3, -0.25) is 0 Å². The SMILES string of the molecule is CCCCCCCCCCCCSC(CCCCCCCCC)CCCCCCCCOCC(C[N+](C)(C)C)OCCCCCCCCC(CCCCCCCCC)SCCCCCCCCCCCC. The number of unbranched alkanes of at least 4 members (excludes halogenated alkanes) is 40. The van der Waals surface area contributed by atoms with Gasteiger partial charge in [0.05, 0.1) is 27.7 Å². The Morgan fingerprint density at radius 1 is 0.296 bits per heavy atom. The molecule has 0 rings (SSSR count). The number of ether oxygens (including phenoxy) is 2. The van der Waals surface area contributed by atoms with Crippen LogP contribution in [0.3, 0.4) is 0 Å². The largest absolute Gasteiger partial charge is 0.379 e. The quantitative estimate of drug-likeness (QED) is 0.0446. The van der Waals surface area contributed by atoms with Gasteiger partial charge < -0.3 is 14.0 Å². The van der Waals surface area contributed by atoms with Crippen LogP contribution in [0.4, 0.5) is 0 Å². The van der Waals surface area contributed by atoms with Gasteiger partial charge >= 0.3 is 0 Å². The molecule has 0 aromatic heterocycles. The Morgan fingerprint density at radius 2 is 0.549 bits per heavy atom. The van der Waals surface area contributed by atoms with Crippen molar-refractivity contribution in [3.63, 3.8) is 0 Å². The molecular weight excluding hydrogens is 903 g/mol. The highest BCUT2D eigenvalue weighted by molar-refractivity contribution is 8.00. The highest BCUT2D eigenvalue weighted by atomic mass is 32.2. The lowest BCUT2D eigenvalue weighted by Gasteiger charge is -2.29.